The summed E-state index contributed by atoms with van der Waals surface area (Å²) in [5.74, 6) is -2.08. The molecule has 0 unspecified atom stereocenters. The van der Waals surface area contributed by atoms with Crippen molar-refractivity contribution in [3.8, 4) is 0 Å². The Morgan fingerprint density at radius 3 is 1.44 bits per heavy atom. The number of hydrogen-bond donors (Lipinski definition) is 4. The fourth-order valence-corrected chi connectivity index (χ4v) is 2.73. The van der Waals surface area contributed by atoms with Crippen LogP contribution in [-0.2, 0) is 20.2 Å². The van der Waals surface area contributed by atoms with Gasteiger partial charge in [-0.1, -0.05) is 11.6 Å². The van der Waals surface area contributed by atoms with E-state index in [9.17, 15) is 25.6 Å². The van der Waals surface area contributed by atoms with Crippen LogP contribution in [0.15, 0.2) is 28.3 Å². The highest BCUT2D eigenvalue weighted by atomic mass is 35.5. The number of anilines is 2. The van der Waals surface area contributed by atoms with Crippen LogP contribution < -0.4 is 11.5 Å². The van der Waals surface area contributed by atoms with Gasteiger partial charge in [0.25, 0.3) is 20.2 Å². The summed E-state index contributed by atoms with van der Waals surface area (Å²) in [7, 11) is -9.20. The Morgan fingerprint density at radius 1 is 0.880 bits per heavy atom. The monoisotopic (exact) mass is 418 g/mol. The average molecular weight is 419 g/mol. The molecule has 0 atom stereocenters. The maximum absolute atomic E-state index is 12.1. The molecule has 1 heterocycles. The number of rotatable bonds is 2. The van der Waals surface area contributed by atoms with E-state index in [0.29, 0.717) is 12.1 Å². The fourth-order valence-electron chi connectivity index (χ4n) is 1.37. The zero-order valence-electron chi connectivity index (χ0n) is 11.8. The summed E-state index contributed by atoms with van der Waals surface area (Å²) in [4.78, 5) is 4.53. The molecule has 0 aliphatic heterocycles. The molecule has 2 rings (SSSR count). The molecule has 10 nitrogen and oxygen atoms in total. The van der Waals surface area contributed by atoms with Gasteiger partial charge in [-0.25, -0.2) is 9.97 Å². The van der Waals surface area contributed by atoms with Crippen molar-refractivity contribution in [2.75, 3.05) is 11.5 Å². The lowest BCUT2D eigenvalue weighted by atomic mass is 10.3. The summed E-state index contributed by atoms with van der Waals surface area (Å²) in [6, 6.07) is 1.29. The number of nitrogens with zero attached hydrogens (tertiary/aromatic N) is 2. The summed E-state index contributed by atoms with van der Waals surface area (Å²) >= 11 is 5.00. The first kappa shape index (κ1) is 20.9. The predicted molar refractivity (Wildman–Crippen MR) is 81.9 cm³/mol. The summed E-state index contributed by atoms with van der Waals surface area (Å²) in [5, 5.41) is -0.669. The van der Waals surface area contributed by atoms with Crippen molar-refractivity contribution in [2.45, 2.75) is 9.79 Å². The van der Waals surface area contributed by atoms with E-state index in [-0.39, 0.29) is 0 Å². The van der Waals surface area contributed by atoms with Gasteiger partial charge in [-0.3, -0.25) is 9.11 Å². The second-order valence-electron chi connectivity index (χ2n) is 4.15. The molecular formula is C10H9ClF2N4O6S2. The molecule has 0 aliphatic carbocycles. The molecule has 1 aromatic carbocycles. The highest BCUT2D eigenvalue weighted by Crippen LogP contribution is 2.27. The van der Waals surface area contributed by atoms with Crippen LogP contribution >= 0.6 is 11.6 Å². The highest BCUT2D eigenvalue weighted by Gasteiger charge is 2.21. The minimum atomic E-state index is -4.60. The normalized spacial score (nSPS) is 11.6. The lowest BCUT2D eigenvalue weighted by molar-refractivity contribution is 0.479. The lowest BCUT2D eigenvalue weighted by Gasteiger charge is -2.07. The SMILES string of the molecule is Fc1ncnc(F)c1Cl.Nc1cc(S(=O)(=O)O)c(N)cc1S(=O)(=O)O. The van der Waals surface area contributed by atoms with E-state index in [4.69, 9.17) is 32.2 Å². The first-order valence-corrected chi connectivity index (χ1v) is 8.96. The Morgan fingerprint density at radius 2 is 1.20 bits per heavy atom. The van der Waals surface area contributed by atoms with E-state index in [1.807, 2.05) is 0 Å². The predicted octanol–water partition coefficient (Wildman–Crippen LogP) is 0.753. The Hall–Kier alpha value is -2.13. The first-order chi connectivity index (χ1) is 11.2. The number of benzene rings is 1. The quantitative estimate of drug-likeness (QED) is 0.308. The largest absolute Gasteiger partial charge is 0.398 e. The average Bonchev–Trinajstić information content (AvgIpc) is 2.45. The Labute approximate surface area is 145 Å². The van der Waals surface area contributed by atoms with Gasteiger partial charge >= 0.3 is 0 Å². The van der Waals surface area contributed by atoms with Gasteiger partial charge in [-0.05, 0) is 12.1 Å². The van der Waals surface area contributed by atoms with E-state index < -0.39 is 58.3 Å². The molecule has 0 fully saturated rings. The standard InChI is InChI=1S/C6H8N2O6S2.C4HClF2N2/c7-3-1-5(15(9,10)11)4(8)2-6(3)16(12,13)14;5-2-3(6)8-1-9-4(2)7/h1-2H,7-8H2,(H,9,10,11)(H,12,13,14);1H. The highest BCUT2D eigenvalue weighted by molar-refractivity contribution is 7.86. The second kappa shape index (κ2) is 7.40. The summed E-state index contributed by atoms with van der Waals surface area (Å²) in [5.41, 5.74) is 9.33. The summed E-state index contributed by atoms with van der Waals surface area (Å²) in [6.45, 7) is 0. The molecule has 0 radical (unpaired) electrons. The molecule has 6 N–H and O–H groups in total. The molecule has 0 saturated carbocycles. The van der Waals surface area contributed by atoms with E-state index in [1.54, 1.807) is 0 Å². The molecule has 0 aliphatic rings. The van der Waals surface area contributed by atoms with Crippen LogP contribution in [0, 0.1) is 11.9 Å². The molecule has 0 bridgehead atoms. The maximum Gasteiger partial charge on any atom is 0.296 e. The fraction of sp³-hybridized carbons (Fsp3) is 0. The van der Waals surface area contributed by atoms with E-state index in [2.05, 4.69) is 9.97 Å². The zero-order chi connectivity index (χ0) is 19.6. The van der Waals surface area contributed by atoms with Crippen molar-refractivity contribution in [2.24, 2.45) is 0 Å². The summed E-state index contributed by atoms with van der Waals surface area (Å²) in [6.07, 6.45) is 0.760. The van der Waals surface area contributed by atoms with Gasteiger partial charge < -0.3 is 11.5 Å². The van der Waals surface area contributed by atoms with Crippen molar-refractivity contribution in [3.63, 3.8) is 0 Å². The van der Waals surface area contributed by atoms with Crippen LogP contribution in [0.25, 0.3) is 0 Å². The smallest absolute Gasteiger partial charge is 0.296 e. The topological polar surface area (TPSA) is 187 Å². The van der Waals surface area contributed by atoms with Gasteiger partial charge in [0.2, 0.25) is 11.9 Å². The molecule has 0 spiro atoms. The van der Waals surface area contributed by atoms with E-state index in [1.165, 1.54) is 0 Å². The van der Waals surface area contributed by atoms with Crippen LogP contribution in [0.2, 0.25) is 5.02 Å². The van der Waals surface area contributed by atoms with Crippen molar-refractivity contribution in [1.82, 2.24) is 9.97 Å². The van der Waals surface area contributed by atoms with Gasteiger partial charge in [0.1, 0.15) is 16.1 Å². The van der Waals surface area contributed by atoms with Gasteiger partial charge in [0, 0.05) is 0 Å². The number of nitrogens with two attached hydrogens (primary N) is 2. The Bertz CT molecular complexity index is 938. The number of aromatic nitrogens is 2. The molecule has 2 aromatic rings. The van der Waals surface area contributed by atoms with E-state index in [0.717, 1.165) is 6.33 Å². The lowest BCUT2D eigenvalue weighted by Crippen LogP contribution is -2.09. The van der Waals surface area contributed by atoms with Crippen molar-refractivity contribution in [3.05, 3.63) is 35.4 Å². The van der Waals surface area contributed by atoms with Crippen molar-refractivity contribution < 1.29 is 34.7 Å². The minimum absolute atomic E-state index is 0.538. The minimum Gasteiger partial charge on any atom is -0.398 e. The molecule has 138 valence electrons. The van der Waals surface area contributed by atoms with Crippen LogP contribution in [-0.4, -0.2) is 35.9 Å². The number of hydrogen-bond acceptors (Lipinski definition) is 8. The molecule has 25 heavy (non-hydrogen) atoms. The molecule has 0 saturated heterocycles. The third-order valence-electron chi connectivity index (χ3n) is 2.40. The molecule has 1 aromatic heterocycles. The summed E-state index contributed by atoms with van der Waals surface area (Å²) < 4.78 is 84.6. The van der Waals surface area contributed by atoms with Gasteiger partial charge in [-0.15, -0.1) is 0 Å². The second-order valence-corrected chi connectivity index (χ2v) is 7.31. The third-order valence-corrected chi connectivity index (χ3v) is 4.53. The maximum atomic E-state index is 12.1. The van der Waals surface area contributed by atoms with Gasteiger partial charge in [0.15, 0.2) is 5.02 Å². The van der Waals surface area contributed by atoms with Gasteiger partial charge in [-0.2, -0.15) is 25.6 Å². The van der Waals surface area contributed by atoms with Crippen LogP contribution in [0.1, 0.15) is 0 Å². The van der Waals surface area contributed by atoms with Crippen molar-refractivity contribution in [1.29, 1.82) is 0 Å². The van der Waals surface area contributed by atoms with Crippen LogP contribution in [0.3, 0.4) is 0 Å². The van der Waals surface area contributed by atoms with E-state index >= 15 is 0 Å². The number of nitrogen functional groups attached to an aromatic ring is 2. The van der Waals surface area contributed by atoms with Crippen molar-refractivity contribution >= 4 is 43.2 Å². The molecule has 0 amide bonds. The van der Waals surface area contributed by atoms with Crippen LogP contribution in [0.4, 0.5) is 20.2 Å². The molecular weight excluding hydrogens is 410 g/mol. The Kier molecular flexibility index (Phi) is 6.19. The third kappa shape index (κ3) is 5.43. The first-order valence-electron chi connectivity index (χ1n) is 5.70. The zero-order valence-corrected chi connectivity index (χ0v) is 14.1. The van der Waals surface area contributed by atoms with Crippen LogP contribution in [0.5, 0.6) is 0 Å². The number of halogens is 3. The Balaban J connectivity index is 0.000000293. The molecule has 15 heteroatoms. The van der Waals surface area contributed by atoms with Gasteiger partial charge in [0.05, 0.1) is 11.4 Å².